The van der Waals surface area contributed by atoms with E-state index in [2.05, 4.69) is 21.4 Å². The predicted octanol–water partition coefficient (Wildman–Crippen LogP) is 3.80. The van der Waals surface area contributed by atoms with Gasteiger partial charge in [-0.1, -0.05) is 30.3 Å². The maximum atomic E-state index is 12.3. The number of amides is 2. The zero-order chi connectivity index (χ0) is 19.1. The van der Waals surface area contributed by atoms with E-state index in [1.165, 1.54) is 17.3 Å². The fourth-order valence-electron chi connectivity index (χ4n) is 2.28. The lowest BCUT2D eigenvalue weighted by molar-refractivity contribution is 0.220. The van der Waals surface area contributed by atoms with E-state index < -0.39 is 0 Å². The number of nitrogens with one attached hydrogen (secondary N) is 1. The highest BCUT2D eigenvalue weighted by Crippen LogP contribution is 2.19. The van der Waals surface area contributed by atoms with E-state index in [1.807, 2.05) is 42.5 Å². The second-order valence-electron chi connectivity index (χ2n) is 5.75. The molecule has 2 aromatic carbocycles. The molecule has 0 fully saturated rings. The highest BCUT2D eigenvalue weighted by atomic mass is 16.5. The van der Waals surface area contributed by atoms with Crippen LogP contribution in [0.3, 0.4) is 0 Å². The molecular weight excluding hydrogens is 342 g/mol. The third-order valence-corrected chi connectivity index (χ3v) is 3.68. The first-order chi connectivity index (χ1) is 13.1. The molecule has 1 heterocycles. The van der Waals surface area contributed by atoms with E-state index in [4.69, 9.17) is 10.00 Å². The van der Waals surface area contributed by atoms with Crippen LogP contribution in [0, 0.1) is 11.3 Å². The van der Waals surface area contributed by atoms with Gasteiger partial charge in [-0.2, -0.15) is 5.26 Å². The van der Waals surface area contributed by atoms with Crippen molar-refractivity contribution in [3.8, 4) is 17.6 Å². The van der Waals surface area contributed by atoms with Crippen molar-refractivity contribution >= 4 is 12.0 Å². The molecule has 27 heavy (non-hydrogen) atoms. The molecule has 0 unspecified atom stereocenters. The molecule has 7 heteroatoms. The lowest BCUT2D eigenvalue weighted by Crippen LogP contribution is -2.31. The summed E-state index contributed by atoms with van der Waals surface area (Å²) in [6, 6.07) is 18.1. The van der Waals surface area contributed by atoms with Crippen molar-refractivity contribution in [3.63, 3.8) is 0 Å². The van der Waals surface area contributed by atoms with E-state index in [1.54, 1.807) is 19.2 Å². The SMILES string of the molecule is CN(Cc1ccc(C#N)cc1)C(=O)Nc1ncc(Oc2ccccc2)cn1. The number of ether oxygens (including phenoxy) is 1. The number of carbonyl (C=O) groups excluding carboxylic acids is 1. The Hall–Kier alpha value is -3.92. The molecule has 0 atom stereocenters. The first-order valence-electron chi connectivity index (χ1n) is 8.20. The van der Waals surface area contributed by atoms with Crippen molar-refractivity contribution < 1.29 is 9.53 Å². The fraction of sp³-hybridized carbons (Fsp3) is 0.100. The number of hydrogen-bond donors (Lipinski definition) is 1. The van der Waals surface area contributed by atoms with Gasteiger partial charge in [-0.15, -0.1) is 0 Å². The van der Waals surface area contributed by atoms with Crippen LogP contribution in [-0.2, 0) is 6.54 Å². The zero-order valence-corrected chi connectivity index (χ0v) is 14.7. The summed E-state index contributed by atoms with van der Waals surface area (Å²) in [6.45, 7) is 0.396. The van der Waals surface area contributed by atoms with Crippen LogP contribution >= 0.6 is 0 Å². The molecule has 1 aromatic heterocycles. The molecule has 2 amide bonds. The van der Waals surface area contributed by atoms with Crippen molar-refractivity contribution in [2.24, 2.45) is 0 Å². The number of urea groups is 1. The van der Waals surface area contributed by atoms with Gasteiger partial charge in [0.2, 0.25) is 5.95 Å². The van der Waals surface area contributed by atoms with Crippen LogP contribution in [0.5, 0.6) is 11.5 Å². The lowest BCUT2D eigenvalue weighted by atomic mass is 10.1. The molecule has 7 nitrogen and oxygen atoms in total. The highest BCUT2D eigenvalue weighted by Gasteiger charge is 2.11. The predicted molar refractivity (Wildman–Crippen MR) is 100 cm³/mol. The quantitative estimate of drug-likeness (QED) is 0.748. The van der Waals surface area contributed by atoms with Gasteiger partial charge >= 0.3 is 6.03 Å². The number of hydrogen-bond acceptors (Lipinski definition) is 5. The summed E-state index contributed by atoms with van der Waals surface area (Å²) in [4.78, 5) is 22.0. The molecule has 1 N–H and O–H groups in total. The third-order valence-electron chi connectivity index (χ3n) is 3.68. The maximum absolute atomic E-state index is 12.3. The molecule has 0 aliphatic heterocycles. The average molecular weight is 359 g/mol. The number of para-hydroxylation sites is 1. The van der Waals surface area contributed by atoms with Crippen molar-refractivity contribution in [1.29, 1.82) is 5.26 Å². The molecule has 0 saturated carbocycles. The van der Waals surface area contributed by atoms with Crippen molar-refractivity contribution in [3.05, 3.63) is 78.1 Å². The molecule has 134 valence electrons. The number of benzene rings is 2. The van der Waals surface area contributed by atoms with Crippen LogP contribution in [0.1, 0.15) is 11.1 Å². The second-order valence-corrected chi connectivity index (χ2v) is 5.75. The number of aromatic nitrogens is 2. The van der Waals surface area contributed by atoms with Gasteiger partial charge in [0.25, 0.3) is 0 Å². The van der Waals surface area contributed by atoms with Crippen LogP contribution in [0.25, 0.3) is 0 Å². The number of carbonyl (C=O) groups is 1. The van der Waals surface area contributed by atoms with E-state index in [0.717, 1.165) is 5.56 Å². The first-order valence-corrected chi connectivity index (χ1v) is 8.20. The summed E-state index contributed by atoms with van der Waals surface area (Å²) >= 11 is 0. The summed E-state index contributed by atoms with van der Waals surface area (Å²) < 4.78 is 5.61. The molecule has 0 spiro atoms. The van der Waals surface area contributed by atoms with Crippen LogP contribution in [-0.4, -0.2) is 27.9 Å². The fourth-order valence-corrected chi connectivity index (χ4v) is 2.28. The molecule has 0 aliphatic rings. The van der Waals surface area contributed by atoms with Gasteiger partial charge in [0, 0.05) is 13.6 Å². The van der Waals surface area contributed by atoms with Gasteiger partial charge < -0.3 is 9.64 Å². The number of rotatable bonds is 5. The molecule has 0 aliphatic carbocycles. The summed E-state index contributed by atoms with van der Waals surface area (Å²) in [7, 11) is 1.67. The number of anilines is 1. The Kier molecular flexibility index (Phi) is 5.60. The molecular formula is C20H17N5O2. The highest BCUT2D eigenvalue weighted by molar-refractivity contribution is 5.87. The van der Waals surface area contributed by atoms with E-state index in [0.29, 0.717) is 23.6 Å². The van der Waals surface area contributed by atoms with Crippen LogP contribution in [0.2, 0.25) is 0 Å². The topological polar surface area (TPSA) is 91.1 Å². The minimum atomic E-state index is -0.337. The average Bonchev–Trinajstić information content (AvgIpc) is 2.71. The Labute approximate surface area is 156 Å². The summed E-state index contributed by atoms with van der Waals surface area (Å²) in [5.74, 6) is 1.34. The van der Waals surface area contributed by atoms with E-state index in [-0.39, 0.29) is 12.0 Å². The van der Waals surface area contributed by atoms with E-state index in [9.17, 15) is 4.79 Å². The van der Waals surface area contributed by atoms with Crippen LogP contribution in [0.15, 0.2) is 67.0 Å². The van der Waals surface area contributed by atoms with Gasteiger partial charge in [0.1, 0.15) is 5.75 Å². The lowest BCUT2D eigenvalue weighted by Gasteiger charge is -2.17. The number of nitriles is 1. The molecule has 0 radical (unpaired) electrons. The Bertz CT molecular complexity index is 935. The molecule has 3 rings (SSSR count). The normalized spacial score (nSPS) is 9.93. The van der Waals surface area contributed by atoms with Crippen molar-refractivity contribution in [2.45, 2.75) is 6.54 Å². The minimum Gasteiger partial charge on any atom is -0.454 e. The molecule has 0 bridgehead atoms. The van der Waals surface area contributed by atoms with Crippen molar-refractivity contribution in [2.75, 3.05) is 12.4 Å². The standard InChI is InChI=1S/C20H17N5O2/c1-25(14-16-9-7-15(11-21)8-10-16)20(26)24-19-22-12-18(13-23-19)27-17-5-3-2-4-6-17/h2-10,12-13H,14H2,1H3,(H,22,23,24,26). The Balaban J connectivity index is 1.55. The first kappa shape index (κ1) is 17.9. The number of nitrogens with zero attached hydrogens (tertiary/aromatic N) is 4. The van der Waals surface area contributed by atoms with Gasteiger partial charge in [0.15, 0.2) is 5.75 Å². The summed E-state index contributed by atoms with van der Waals surface area (Å²) in [5, 5.41) is 11.4. The molecule has 3 aromatic rings. The second kappa shape index (κ2) is 8.45. The third kappa shape index (κ3) is 5.03. The Morgan fingerprint density at radius 1 is 1.07 bits per heavy atom. The van der Waals surface area contributed by atoms with Crippen LogP contribution < -0.4 is 10.1 Å². The van der Waals surface area contributed by atoms with Crippen LogP contribution in [0.4, 0.5) is 10.7 Å². The van der Waals surface area contributed by atoms with E-state index >= 15 is 0 Å². The smallest absolute Gasteiger partial charge is 0.324 e. The minimum absolute atomic E-state index is 0.187. The Morgan fingerprint density at radius 3 is 2.37 bits per heavy atom. The zero-order valence-electron chi connectivity index (χ0n) is 14.7. The Morgan fingerprint density at radius 2 is 1.74 bits per heavy atom. The monoisotopic (exact) mass is 359 g/mol. The van der Waals surface area contributed by atoms with Gasteiger partial charge in [0.05, 0.1) is 24.0 Å². The van der Waals surface area contributed by atoms with Gasteiger partial charge in [-0.25, -0.2) is 14.8 Å². The van der Waals surface area contributed by atoms with Gasteiger partial charge in [-0.05, 0) is 29.8 Å². The van der Waals surface area contributed by atoms with Crippen molar-refractivity contribution in [1.82, 2.24) is 14.9 Å². The molecule has 0 saturated heterocycles. The summed E-state index contributed by atoms with van der Waals surface area (Å²) in [5.41, 5.74) is 1.50. The maximum Gasteiger partial charge on any atom is 0.324 e. The summed E-state index contributed by atoms with van der Waals surface area (Å²) in [6.07, 6.45) is 2.99. The largest absolute Gasteiger partial charge is 0.454 e. The van der Waals surface area contributed by atoms with Gasteiger partial charge in [-0.3, -0.25) is 5.32 Å².